The fraction of sp³-hybridized carbons (Fsp3) is 0.533. The molecule has 0 bridgehead atoms. The number of aliphatic imine (C=N–C) groups is 1. The third kappa shape index (κ3) is 2.41. The second-order valence-corrected chi connectivity index (χ2v) is 9.00. The summed E-state index contributed by atoms with van der Waals surface area (Å²) in [5.74, 6) is -0.392. The summed E-state index contributed by atoms with van der Waals surface area (Å²) in [5, 5.41) is 0. The van der Waals surface area contributed by atoms with Gasteiger partial charge in [0, 0.05) is 18.4 Å². The van der Waals surface area contributed by atoms with Gasteiger partial charge in [-0.1, -0.05) is 18.2 Å². The van der Waals surface area contributed by atoms with Gasteiger partial charge in [0.2, 0.25) is 0 Å². The number of amidine groups is 1. The third-order valence-corrected chi connectivity index (χ3v) is 7.58. The molecule has 4 nitrogen and oxygen atoms in total. The van der Waals surface area contributed by atoms with E-state index in [0.29, 0.717) is 0 Å². The van der Waals surface area contributed by atoms with Crippen molar-refractivity contribution in [2.24, 2.45) is 15.1 Å². The van der Waals surface area contributed by atoms with Crippen LogP contribution in [0.15, 0.2) is 33.6 Å². The summed E-state index contributed by atoms with van der Waals surface area (Å²) in [4.78, 5) is 4.29. The van der Waals surface area contributed by atoms with Gasteiger partial charge < -0.3 is 5.73 Å². The number of nitrogens with two attached hydrogens (primary N) is 1. The summed E-state index contributed by atoms with van der Waals surface area (Å²) < 4.78 is 44.1. The molecule has 1 aliphatic heterocycles. The van der Waals surface area contributed by atoms with Gasteiger partial charge in [-0.3, -0.25) is 4.99 Å². The fourth-order valence-electron chi connectivity index (χ4n) is 2.67. The van der Waals surface area contributed by atoms with Crippen molar-refractivity contribution in [1.29, 1.82) is 0 Å². The lowest BCUT2D eigenvalue weighted by Crippen LogP contribution is -2.45. The lowest BCUT2D eigenvalue weighted by atomic mass is 9.88. The minimum absolute atomic E-state index is 0.0431. The Hall–Kier alpha value is -1.50. The van der Waals surface area contributed by atoms with Crippen molar-refractivity contribution in [3.05, 3.63) is 35.6 Å². The Balaban J connectivity index is 2.70. The fourth-order valence-corrected chi connectivity index (χ4v) is 4.80. The van der Waals surface area contributed by atoms with E-state index >= 15 is 0 Å². The van der Waals surface area contributed by atoms with E-state index < -0.39 is 32.5 Å². The predicted octanol–water partition coefficient (Wildman–Crippen LogP) is 2.63. The van der Waals surface area contributed by atoms with E-state index in [-0.39, 0.29) is 23.6 Å². The van der Waals surface area contributed by atoms with Gasteiger partial charge in [-0.25, -0.2) is 17.4 Å². The van der Waals surface area contributed by atoms with E-state index in [0.717, 1.165) is 0 Å². The topological polar surface area (TPSA) is 67.8 Å². The highest BCUT2D eigenvalue weighted by atomic mass is 32.2. The first kappa shape index (κ1) is 16.9. The third-order valence-electron chi connectivity index (χ3n) is 4.43. The molecule has 22 heavy (non-hydrogen) atoms. The Bertz CT molecular complexity index is 723. The van der Waals surface area contributed by atoms with Crippen LogP contribution in [0.25, 0.3) is 0 Å². The number of hydrogen-bond acceptors (Lipinski definition) is 4. The van der Waals surface area contributed by atoms with Gasteiger partial charge in [0.15, 0.2) is 0 Å². The average molecular weight is 329 g/mol. The maximum absolute atomic E-state index is 14.2. The van der Waals surface area contributed by atoms with Crippen molar-refractivity contribution in [2.45, 2.75) is 30.6 Å². The van der Waals surface area contributed by atoms with Crippen LogP contribution < -0.4 is 5.73 Å². The molecular weight excluding hydrogens is 308 g/mol. The Kier molecular flexibility index (Phi) is 4.30. The van der Waals surface area contributed by atoms with E-state index in [9.17, 15) is 13.0 Å². The van der Waals surface area contributed by atoms with E-state index in [2.05, 4.69) is 9.36 Å². The smallest absolute Gasteiger partial charge is 0.128 e. The second kappa shape index (κ2) is 5.61. The van der Waals surface area contributed by atoms with Crippen molar-refractivity contribution in [2.75, 3.05) is 19.5 Å². The van der Waals surface area contributed by atoms with Crippen molar-refractivity contribution in [3.8, 4) is 0 Å². The molecule has 2 N–H and O–H groups in total. The van der Waals surface area contributed by atoms with Crippen LogP contribution in [0.1, 0.15) is 25.8 Å². The molecule has 0 saturated carbocycles. The Labute approximate surface area is 130 Å². The van der Waals surface area contributed by atoms with Gasteiger partial charge in [0.05, 0.1) is 9.73 Å². The molecule has 7 heteroatoms. The average Bonchev–Trinajstić information content (AvgIpc) is 2.57. The standard InChI is InChI=1S/C15H21F2N3OS/c1-14(2)13(18)20-15(10-16,8-9-22(14,21)19-3)11-6-4-5-7-12(11)17/h4-7H,8-10H2,1-3H3,(H2,18,20)/t15-,22+/m1/s1. The number of alkyl halides is 1. The number of rotatable bonds is 2. The summed E-state index contributed by atoms with van der Waals surface area (Å²) in [6.45, 7) is 2.44. The molecule has 0 unspecified atom stereocenters. The normalized spacial score (nSPS) is 31.2. The molecule has 2 atom stereocenters. The maximum atomic E-state index is 14.2. The molecule has 122 valence electrons. The Morgan fingerprint density at radius 2 is 2.05 bits per heavy atom. The molecule has 0 amide bonds. The highest BCUT2D eigenvalue weighted by molar-refractivity contribution is 7.95. The van der Waals surface area contributed by atoms with Crippen LogP contribution in [-0.4, -0.2) is 34.3 Å². The SMILES string of the molecule is CN=[S@]1(=O)CC[C@@](CF)(c2ccccc2F)N=C(N)C1(C)C. The zero-order valence-electron chi connectivity index (χ0n) is 13.0. The minimum atomic E-state index is -2.71. The van der Waals surface area contributed by atoms with Gasteiger partial charge in [0.1, 0.15) is 28.6 Å². The van der Waals surface area contributed by atoms with E-state index in [1.54, 1.807) is 19.9 Å². The summed E-state index contributed by atoms with van der Waals surface area (Å²) in [5.41, 5.74) is 4.71. The molecule has 0 radical (unpaired) electrons. The molecule has 0 fully saturated rings. The summed E-state index contributed by atoms with van der Waals surface area (Å²) in [6.07, 6.45) is 0.0880. The lowest BCUT2D eigenvalue weighted by Gasteiger charge is -2.27. The molecule has 1 aliphatic rings. The minimum Gasteiger partial charge on any atom is -0.386 e. The monoisotopic (exact) mass is 329 g/mol. The number of halogens is 2. The van der Waals surface area contributed by atoms with Crippen molar-refractivity contribution in [1.82, 2.24) is 0 Å². The molecule has 0 spiro atoms. The molecular formula is C15H21F2N3OS. The highest BCUT2D eigenvalue weighted by Crippen LogP contribution is 2.38. The van der Waals surface area contributed by atoms with Crippen molar-refractivity contribution >= 4 is 15.6 Å². The molecule has 0 aliphatic carbocycles. The summed E-state index contributed by atoms with van der Waals surface area (Å²) >= 11 is 0. The zero-order valence-corrected chi connectivity index (χ0v) is 13.8. The Morgan fingerprint density at radius 1 is 1.41 bits per heavy atom. The highest BCUT2D eigenvalue weighted by Gasteiger charge is 2.45. The van der Waals surface area contributed by atoms with Crippen LogP contribution in [0.3, 0.4) is 0 Å². The van der Waals surface area contributed by atoms with Gasteiger partial charge in [0.25, 0.3) is 0 Å². The second-order valence-electron chi connectivity index (χ2n) is 5.93. The number of hydrogen-bond donors (Lipinski definition) is 1. The van der Waals surface area contributed by atoms with Crippen LogP contribution in [0.4, 0.5) is 8.78 Å². The quantitative estimate of drug-likeness (QED) is 0.906. The number of benzene rings is 1. The first-order valence-electron chi connectivity index (χ1n) is 7.02. The molecule has 1 aromatic carbocycles. The van der Waals surface area contributed by atoms with Crippen molar-refractivity contribution < 1.29 is 13.0 Å². The van der Waals surface area contributed by atoms with Crippen LogP contribution in [0, 0.1) is 5.82 Å². The van der Waals surface area contributed by atoms with Crippen LogP contribution in [0.2, 0.25) is 0 Å². The largest absolute Gasteiger partial charge is 0.386 e. The molecule has 0 saturated heterocycles. The molecule has 1 aromatic rings. The first-order valence-corrected chi connectivity index (χ1v) is 8.70. The van der Waals surface area contributed by atoms with E-state index in [4.69, 9.17) is 5.73 Å². The van der Waals surface area contributed by atoms with E-state index in [1.165, 1.54) is 25.2 Å². The van der Waals surface area contributed by atoms with Crippen molar-refractivity contribution in [3.63, 3.8) is 0 Å². The summed E-state index contributed by atoms with van der Waals surface area (Å²) in [7, 11) is -1.25. The molecule has 1 heterocycles. The maximum Gasteiger partial charge on any atom is 0.128 e. The van der Waals surface area contributed by atoms with Crippen LogP contribution in [0.5, 0.6) is 0 Å². The van der Waals surface area contributed by atoms with Gasteiger partial charge >= 0.3 is 0 Å². The number of nitrogens with zero attached hydrogens (tertiary/aromatic N) is 2. The van der Waals surface area contributed by atoms with Gasteiger partial charge in [-0.15, -0.1) is 0 Å². The van der Waals surface area contributed by atoms with Gasteiger partial charge in [-0.05, 0) is 26.3 Å². The van der Waals surface area contributed by atoms with Gasteiger partial charge in [-0.2, -0.15) is 0 Å². The summed E-state index contributed by atoms with van der Waals surface area (Å²) in [6, 6.07) is 5.91. The van der Waals surface area contributed by atoms with Crippen LogP contribution in [-0.2, 0) is 15.3 Å². The molecule has 2 rings (SSSR count). The lowest BCUT2D eigenvalue weighted by molar-refractivity contribution is 0.298. The van der Waals surface area contributed by atoms with E-state index in [1.807, 2.05) is 0 Å². The zero-order chi connectivity index (χ0) is 16.6. The van der Waals surface area contributed by atoms with Crippen LogP contribution >= 0.6 is 0 Å². The molecule has 0 aromatic heterocycles. The Morgan fingerprint density at radius 3 is 2.59 bits per heavy atom. The first-order chi connectivity index (χ1) is 10.2. The predicted molar refractivity (Wildman–Crippen MR) is 85.7 cm³/mol.